The Balaban J connectivity index is 1.41. The van der Waals surface area contributed by atoms with E-state index in [9.17, 15) is 4.79 Å². The van der Waals surface area contributed by atoms with E-state index in [1.165, 1.54) is 16.4 Å². The van der Waals surface area contributed by atoms with E-state index < -0.39 is 0 Å². The largest absolute Gasteiger partial charge is 0.467 e. The number of hydrogen-bond donors (Lipinski definition) is 0. The molecule has 0 radical (unpaired) electrons. The van der Waals surface area contributed by atoms with Crippen molar-refractivity contribution in [1.82, 2.24) is 24.7 Å². The zero-order chi connectivity index (χ0) is 18.0. The van der Waals surface area contributed by atoms with Gasteiger partial charge in [0.25, 0.3) is 5.91 Å². The summed E-state index contributed by atoms with van der Waals surface area (Å²) in [6.07, 6.45) is 3.56. The summed E-state index contributed by atoms with van der Waals surface area (Å²) in [6.45, 7) is 3.68. The highest BCUT2D eigenvalue weighted by atomic mass is 16.5. The second-order valence-corrected chi connectivity index (χ2v) is 6.94. The summed E-state index contributed by atoms with van der Waals surface area (Å²) in [6, 6.07) is 13.9. The molecule has 1 aliphatic heterocycles. The highest BCUT2D eigenvalue weighted by Crippen LogP contribution is 2.33. The molecule has 1 unspecified atom stereocenters. The number of rotatable bonds is 4. The van der Waals surface area contributed by atoms with Gasteiger partial charge in [0.2, 0.25) is 5.88 Å². The van der Waals surface area contributed by atoms with E-state index in [1.54, 1.807) is 12.1 Å². The van der Waals surface area contributed by atoms with Gasteiger partial charge < -0.3 is 9.64 Å². The molecule has 4 rings (SSSR count). The molecule has 0 N–H and O–H groups in total. The van der Waals surface area contributed by atoms with Crippen molar-refractivity contribution in [3.8, 4) is 5.88 Å². The number of hydrogen-bond acceptors (Lipinski definition) is 5. The number of carbonyl (C=O) groups excluding carboxylic acids is 1. The van der Waals surface area contributed by atoms with Crippen LogP contribution in [-0.4, -0.2) is 50.3 Å². The number of aromatic nitrogens is 4. The second kappa shape index (κ2) is 6.74. The van der Waals surface area contributed by atoms with Crippen molar-refractivity contribution in [1.29, 1.82) is 0 Å². The van der Waals surface area contributed by atoms with Gasteiger partial charge in [0.05, 0.1) is 0 Å². The van der Waals surface area contributed by atoms with Crippen molar-refractivity contribution in [3.05, 3.63) is 54.4 Å². The third kappa shape index (κ3) is 3.24. The van der Waals surface area contributed by atoms with Crippen LogP contribution in [0.25, 0.3) is 5.65 Å². The maximum absolute atomic E-state index is 12.6. The zero-order valence-electron chi connectivity index (χ0n) is 14.7. The Labute approximate surface area is 151 Å². The molecule has 134 valence electrons. The standard InChI is InChI=1S/C19H21N5O2/c1-19(15-6-3-2-4-7-15)10-5-11-23(13-19)18(25)12-26-17-9-8-16-21-20-14-24(16)22-17/h2-4,6-9,14H,5,10-13H2,1H3. The van der Waals surface area contributed by atoms with Crippen LogP contribution in [0.4, 0.5) is 0 Å². The Hall–Kier alpha value is -2.96. The number of amides is 1. The topological polar surface area (TPSA) is 72.6 Å². The summed E-state index contributed by atoms with van der Waals surface area (Å²) in [5.41, 5.74) is 1.89. The average molecular weight is 351 g/mol. The van der Waals surface area contributed by atoms with E-state index >= 15 is 0 Å². The number of piperidine rings is 1. The highest BCUT2D eigenvalue weighted by Gasteiger charge is 2.34. The van der Waals surface area contributed by atoms with E-state index in [2.05, 4.69) is 46.5 Å². The van der Waals surface area contributed by atoms with E-state index in [0.717, 1.165) is 19.4 Å². The van der Waals surface area contributed by atoms with E-state index in [1.807, 2.05) is 11.0 Å². The van der Waals surface area contributed by atoms with Crippen molar-refractivity contribution in [2.24, 2.45) is 0 Å². The van der Waals surface area contributed by atoms with Crippen LogP contribution in [0.1, 0.15) is 25.3 Å². The van der Waals surface area contributed by atoms with Crippen molar-refractivity contribution < 1.29 is 9.53 Å². The highest BCUT2D eigenvalue weighted by molar-refractivity contribution is 5.78. The summed E-state index contributed by atoms with van der Waals surface area (Å²) in [7, 11) is 0. The second-order valence-electron chi connectivity index (χ2n) is 6.94. The van der Waals surface area contributed by atoms with Crippen LogP contribution in [0, 0.1) is 0 Å². The predicted molar refractivity (Wildman–Crippen MR) is 95.9 cm³/mol. The molecule has 1 amide bonds. The van der Waals surface area contributed by atoms with Gasteiger partial charge in [-0.15, -0.1) is 15.3 Å². The van der Waals surface area contributed by atoms with Crippen molar-refractivity contribution >= 4 is 11.6 Å². The van der Waals surface area contributed by atoms with Gasteiger partial charge in [-0.1, -0.05) is 37.3 Å². The fraction of sp³-hybridized carbons (Fsp3) is 0.368. The lowest BCUT2D eigenvalue weighted by Gasteiger charge is -2.41. The number of ether oxygens (including phenoxy) is 1. The molecule has 2 aromatic heterocycles. The molecular weight excluding hydrogens is 330 g/mol. The van der Waals surface area contributed by atoms with Crippen LogP contribution >= 0.6 is 0 Å². The zero-order valence-corrected chi connectivity index (χ0v) is 14.7. The molecule has 1 aliphatic rings. The smallest absolute Gasteiger partial charge is 0.260 e. The first-order valence-electron chi connectivity index (χ1n) is 8.77. The average Bonchev–Trinajstić information content (AvgIpc) is 3.15. The summed E-state index contributed by atoms with van der Waals surface area (Å²) in [4.78, 5) is 14.5. The molecule has 7 heteroatoms. The fourth-order valence-corrected chi connectivity index (χ4v) is 3.54. The minimum atomic E-state index is -0.0223. The molecule has 7 nitrogen and oxygen atoms in total. The quantitative estimate of drug-likeness (QED) is 0.720. The van der Waals surface area contributed by atoms with Crippen molar-refractivity contribution in [3.63, 3.8) is 0 Å². The Bertz CT molecular complexity index is 910. The fourth-order valence-electron chi connectivity index (χ4n) is 3.54. The number of benzene rings is 1. The first kappa shape index (κ1) is 16.5. The molecule has 1 fully saturated rings. The van der Waals surface area contributed by atoms with Crippen LogP contribution in [0.5, 0.6) is 5.88 Å². The molecule has 1 aromatic carbocycles. The van der Waals surface area contributed by atoms with Crippen molar-refractivity contribution in [2.45, 2.75) is 25.2 Å². The van der Waals surface area contributed by atoms with E-state index in [4.69, 9.17) is 4.74 Å². The molecule has 0 spiro atoms. The van der Waals surface area contributed by atoms with E-state index in [0.29, 0.717) is 18.1 Å². The van der Waals surface area contributed by atoms with Crippen LogP contribution in [-0.2, 0) is 10.2 Å². The van der Waals surface area contributed by atoms with Crippen LogP contribution in [0.3, 0.4) is 0 Å². The molecule has 1 saturated heterocycles. The lowest BCUT2D eigenvalue weighted by molar-refractivity contribution is -0.135. The van der Waals surface area contributed by atoms with Crippen LogP contribution < -0.4 is 4.74 Å². The lowest BCUT2D eigenvalue weighted by Crippen LogP contribution is -2.48. The molecule has 3 heterocycles. The Morgan fingerprint density at radius 1 is 1.23 bits per heavy atom. The van der Waals surface area contributed by atoms with Crippen LogP contribution in [0.2, 0.25) is 0 Å². The van der Waals surface area contributed by atoms with Gasteiger partial charge in [0.1, 0.15) is 6.33 Å². The molecule has 26 heavy (non-hydrogen) atoms. The third-order valence-electron chi connectivity index (χ3n) is 5.00. The molecule has 0 saturated carbocycles. The van der Waals surface area contributed by atoms with Gasteiger partial charge in [0.15, 0.2) is 12.3 Å². The molecule has 3 aromatic rings. The SMILES string of the molecule is CC1(c2ccccc2)CCCN(C(=O)COc2ccc3nncn3n2)C1. The summed E-state index contributed by atoms with van der Waals surface area (Å²) >= 11 is 0. The van der Waals surface area contributed by atoms with Gasteiger partial charge in [-0.3, -0.25) is 4.79 Å². The Kier molecular flexibility index (Phi) is 4.28. The van der Waals surface area contributed by atoms with Gasteiger partial charge in [-0.25, -0.2) is 0 Å². The maximum Gasteiger partial charge on any atom is 0.260 e. The number of likely N-dealkylation sites (tertiary alicyclic amines) is 1. The van der Waals surface area contributed by atoms with Gasteiger partial charge >= 0.3 is 0 Å². The minimum absolute atomic E-state index is 0.0162. The molecular formula is C19H21N5O2. The third-order valence-corrected chi connectivity index (χ3v) is 5.00. The van der Waals surface area contributed by atoms with E-state index in [-0.39, 0.29) is 17.9 Å². The Morgan fingerprint density at radius 3 is 2.92 bits per heavy atom. The first-order valence-corrected chi connectivity index (χ1v) is 8.77. The number of fused-ring (bicyclic) bond motifs is 1. The van der Waals surface area contributed by atoms with Gasteiger partial charge in [0, 0.05) is 24.6 Å². The first-order chi connectivity index (χ1) is 12.6. The monoisotopic (exact) mass is 351 g/mol. The predicted octanol–water partition coefficient (Wildman–Crippen LogP) is 2.08. The summed E-state index contributed by atoms with van der Waals surface area (Å²) in [5, 5.41) is 11.9. The van der Waals surface area contributed by atoms with Crippen LogP contribution in [0.15, 0.2) is 48.8 Å². The summed E-state index contributed by atoms with van der Waals surface area (Å²) < 4.78 is 7.11. The Morgan fingerprint density at radius 2 is 2.08 bits per heavy atom. The number of nitrogens with zero attached hydrogens (tertiary/aromatic N) is 5. The molecule has 1 atom stereocenters. The van der Waals surface area contributed by atoms with Gasteiger partial charge in [-0.2, -0.15) is 4.52 Å². The molecule has 0 aliphatic carbocycles. The summed E-state index contributed by atoms with van der Waals surface area (Å²) in [5.74, 6) is 0.367. The number of carbonyl (C=O) groups is 1. The normalized spacial score (nSPS) is 20.3. The van der Waals surface area contributed by atoms with Gasteiger partial charge in [-0.05, 0) is 24.5 Å². The maximum atomic E-state index is 12.6. The lowest BCUT2D eigenvalue weighted by atomic mass is 9.76. The minimum Gasteiger partial charge on any atom is -0.467 e. The molecule has 0 bridgehead atoms. The van der Waals surface area contributed by atoms with Crippen molar-refractivity contribution in [2.75, 3.05) is 19.7 Å².